The molecule has 2 aromatic rings. The summed E-state index contributed by atoms with van der Waals surface area (Å²) in [5.74, 6) is -0.198. The number of aromatic hydroxyl groups is 1. The zero-order valence-electron chi connectivity index (χ0n) is 12.4. The number of carboxylic acids is 1. The first-order chi connectivity index (χ1) is 11.1. The number of anilines is 1. The van der Waals surface area contributed by atoms with Gasteiger partial charge in [0, 0.05) is 18.7 Å². The van der Waals surface area contributed by atoms with Crippen molar-refractivity contribution >= 4 is 23.4 Å². The maximum Gasteiger partial charge on any atom is 0.306 e. The number of phenolic OH excluding ortho intramolecular Hbond substituents is 1. The van der Waals surface area contributed by atoms with Crippen molar-refractivity contribution in [1.82, 2.24) is 4.98 Å². The molecule has 120 valence electrons. The van der Waals surface area contributed by atoms with Gasteiger partial charge in [-0.05, 0) is 37.1 Å². The molecule has 2 N–H and O–H groups in total. The lowest BCUT2D eigenvalue weighted by Gasteiger charge is -2.31. The number of carboxylic acid groups (broad SMARTS) is 1. The molecule has 1 aromatic carbocycles. The highest BCUT2D eigenvalue weighted by Crippen LogP contribution is 2.35. The van der Waals surface area contributed by atoms with Crippen LogP contribution >= 0.6 is 11.6 Å². The Labute approximate surface area is 139 Å². The molecule has 0 atom stereocenters. The van der Waals surface area contributed by atoms with Gasteiger partial charge in [0.2, 0.25) is 0 Å². The first-order valence-corrected chi connectivity index (χ1v) is 7.86. The molecule has 0 spiro atoms. The van der Waals surface area contributed by atoms with E-state index >= 15 is 0 Å². The lowest BCUT2D eigenvalue weighted by molar-refractivity contribution is -0.142. The van der Waals surface area contributed by atoms with Crippen LogP contribution in [0, 0.1) is 5.92 Å². The first kappa shape index (κ1) is 15.6. The minimum absolute atomic E-state index is 0.0170. The van der Waals surface area contributed by atoms with Gasteiger partial charge in [0.1, 0.15) is 11.6 Å². The topological polar surface area (TPSA) is 73.7 Å². The minimum Gasteiger partial charge on any atom is -0.506 e. The van der Waals surface area contributed by atoms with Gasteiger partial charge in [0.25, 0.3) is 0 Å². The van der Waals surface area contributed by atoms with Crippen LogP contribution in [0.5, 0.6) is 5.75 Å². The summed E-state index contributed by atoms with van der Waals surface area (Å²) in [6, 6.07) is 10.8. The van der Waals surface area contributed by atoms with E-state index in [1.807, 2.05) is 18.2 Å². The Bertz CT molecular complexity index is 728. The summed E-state index contributed by atoms with van der Waals surface area (Å²) in [7, 11) is 0. The van der Waals surface area contributed by atoms with Crippen molar-refractivity contribution in [2.24, 2.45) is 5.92 Å². The van der Waals surface area contributed by atoms with Gasteiger partial charge in [-0.1, -0.05) is 23.7 Å². The predicted molar refractivity (Wildman–Crippen MR) is 88.9 cm³/mol. The van der Waals surface area contributed by atoms with Gasteiger partial charge < -0.3 is 15.1 Å². The maximum absolute atomic E-state index is 11.0. The van der Waals surface area contributed by atoms with Crippen LogP contribution in [0.15, 0.2) is 36.4 Å². The number of halogens is 1. The molecule has 2 heterocycles. The highest BCUT2D eigenvalue weighted by molar-refractivity contribution is 6.32. The summed E-state index contributed by atoms with van der Waals surface area (Å²) < 4.78 is 0. The van der Waals surface area contributed by atoms with Crippen molar-refractivity contribution in [3.63, 3.8) is 0 Å². The molecule has 3 rings (SSSR count). The summed E-state index contributed by atoms with van der Waals surface area (Å²) in [4.78, 5) is 17.7. The first-order valence-electron chi connectivity index (χ1n) is 7.49. The van der Waals surface area contributed by atoms with Crippen molar-refractivity contribution < 1.29 is 15.0 Å². The lowest BCUT2D eigenvalue weighted by atomic mass is 9.97. The zero-order valence-corrected chi connectivity index (χ0v) is 13.2. The van der Waals surface area contributed by atoms with E-state index in [1.165, 1.54) is 0 Å². The predicted octanol–water partition coefficient (Wildman–Crippen LogP) is 3.41. The molecule has 6 heteroatoms. The van der Waals surface area contributed by atoms with Crippen molar-refractivity contribution in [2.75, 3.05) is 18.0 Å². The second kappa shape index (κ2) is 6.46. The molecular formula is C17H17ClN2O3. The average molecular weight is 333 g/mol. The number of rotatable bonds is 3. The number of nitrogens with zero attached hydrogens (tertiary/aromatic N) is 2. The molecule has 23 heavy (non-hydrogen) atoms. The Morgan fingerprint density at radius 3 is 2.57 bits per heavy atom. The van der Waals surface area contributed by atoms with Gasteiger partial charge in [-0.3, -0.25) is 4.79 Å². The van der Waals surface area contributed by atoms with Crippen LogP contribution < -0.4 is 4.90 Å². The fourth-order valence-corrected chi connectivity index (χ4v) is 3.00. The molecular weight excluding hydrogens is 316 g/mol. The second-order valence-electron chi connectivity index (χ2n) is 5.62. The SMILES string of the molecule is O=C(O)C1CCN(c2cccc(-c3cccc(Cl)c3O)n2)CC1. The fourth-order valence-electron chi connectivity index (χ4n) is 2.83. The Morgan fingerprint density at radius 2 is 1.87 bits per heavy atom. The van der Waals surface area contributed by atoms with E-state index in [0.29, 0.717) is 37.2 Å². The van der Waals surface area contributed by atoms with Crippen LogP contribution in [-0.4, -0.2) is 34.3 Å². The molecule has 1 saturated heterocycles. The third kappa shape index (κ3) is 3.24. The number of para-hydroxylation sites is 1. The van der Waals surface area contributed by atoms with Gasteiger partial charge in [-0.2, -0.15) is 0 Å². The molecule has 0 unspecified atom stereocenters. The second-order valence-corrected chi connectivity index (χ2v) is 6.02. The van der Waals surface area contributed by atoms with Crippen LogP contribution in [0.1, 0.15) is 12.8 Å². The van der Waals surface area contributed by atoms with Gasteiger partial charge in [-0.25, -0.2) is 4.98 Å². The number of phenols is 1. The van der Waals surface area contributed by atoms with Crippen molar-refractivity contribution in [3.05, 3.63) is 41.4 Å². The molecule has 0 aliphatic carbocycles. The number of hydrogen-bond acceptors (Lipinski definition) is 4. The van der Waals surface area contributed by atoms with Gasteiger partial charge in [0.05, 0.1) is 16.6 Å². The van der Waals surface area contributed by atoms with Crippen LogP contribution in [0.2, 0.25) is 5.02 Å². The van der Waals surface area contributed by atoms with Gasteiger partial charge >= 0.3 is 5.97 Å². The number of aliphatic carboxylic acids is 1. The molecule has 1 aromatic heterocycles. The smallest absolute Gasteiger partial charge is 0.306 e. The van der Waals surface area contributed by atoms with Crippen molar-refractivity contribution in [2.45, 2.75) is 12.8 Å². The number of benzene rings is 1. The molecule has 0 amide bonds. The average Bonchev–Trinajstić information content (AvgIpc) is 2.57. The number of hydrogen-bond donors (Lipinski definition) is 2. The maximum atomic E-state index is 11.0. The third-order valence-electron chi connectivity index (χ3n) is 4.17. The molecule has 1 aliphatic heterocycles. The van der Waals surface area contributed by atoms with E-state index in [2.05, 4.69) is 9.88 Å². The number of carbonyl (C=O) groups is 1. The van der Waals surface area contributed by atoms with Gasteiger partial charge in [-0.15, -0.1) is 0 Å². The van der Waals surface area contributed by atoms with Crippen LogP contribution in [0.25, 0.3) is 11.3 Å². The Hall–Kier alpha value is -2.27. The van der Waals surface area contributed by atoms with Crippen molar-refractivity contribution in [1.29, 1.82) is 0 Å². The highest BCUT2D eigenvalue weighted by atomic mass is 35.5. The summed E-state index contributed by atoms with van der Waals surface area (Å²) in [6.45, 7) is 1.32. The highest BCUT2D eigenvalue weighted by Gasteiger charge is 2.25. The van der Waals surface area contributed by atoms with E-state index < -0.39 is 5.97 Å². The van der Waals surface area contributed by atoms with E-state index in [9.17, 15) is 9.90 Å². The summed E-state index contributed by atoms with van der Waals surface area (Å²) in [6.07, 6.45) is 1.23. The number of piperidine rings is 1. The molecule has 5 nitrogen and oxygen atoms in total. The fraction of sp³-hybridized carbons (Fsp3) is 0.294. The van der Waals surface area contributed by atoms with Crippen LogP contribution in [0.4, 0.5) is 5.82 Å². The molecule has 0 bridgehead atoms. The standard InChI is InChI=1S/C17H17ClN2O3/c18-13-4-1-3-12(16(13)21)14-5-2-6-15(19-14)20-9-7-11(8-10-20)17(22)23/h1-6,11,21H,7-10H2,(H,22,23). The number of pyridine rings is 1. The summed E-state index contributed by atoms with van der Waals surface area (Å²) >= 11 is 5.95. The quantitative estimate of drug-likeness (QED) is 0.901. The molecule has 1 fully saturated rings. The lowest BCUT2D eigenvalue weighted by Crippen LogP contribution is -2.36. The normalized spacial score (nSPS) is 15.6. The third-order valence-corrected chi connectivity index (χ3v) is 4.47. The van der Waals surface area contributed by atoms with Gasteiger partial charge in [0.15, 0.2) is 0 Å². The summed E-state index contributed by atoms with van der Waals surface area (Å²) in [5.41, 5.74) is 1.22. The van der Waals surface area contributed by atoms with Crippen LogP contribution in [-0.2, 0) is 4.79 Å². The molecule has 0 radical (unpaired) electrons. The summed E-state index contributed by atoms with van der Waals surface area (Å²) in [5, 5.41) is 19.5. The Balaban J connectivity index is 1.84. The molecule has 1 aliphatic rings. The van der Waals surface area contributed by atoms with Crippen LogP contribution in [0.3, 0.4) is 0 Å². The van der Waals surface area contributed by atoms with E-state index in [0.717, 1.165) is 5.82 Å². The Morgan fingerprint density at radius 1 is 1.17 bits per heavy atom. The van der Waals surface area contributed by atoms with E-state index in [4.69, 9.17) is 16.7 Å². The van der Waals surface area contributed by atoms with E-state index in [-0.39, 0.29) is 16.7 Å². The van der Waals surface area contributed by atoms with Crippen molar-refractivity contribution in [3.8, 4) is 17.0 Å². The Kier molecular flexibility index (Phi) is 4.39. The van der Waals surface area contributed by atoms with E-state index in [1.54, 1.807) is 18.2 Å². The largest absolute Gasteiger partial charge is 0.506 e. The monoisotopic (exact) mass is 332 g/mol. The number of aromatic nitrogens is 1. The molecule has 0 saturated carbocycles. The minimum atomic E-state index is -0.727. The zero-order chi connectivity index (χ0) is 16.4.